The monoisotopic (exact) mass is 224 g/mol. The molecule has 2 atom stereocenters. The number of carbonyl (C=O) groups is 1. The molecule has 0 spiro atoms. The first-order chi connectivity index (χ1) is 7.74. The van der Waals surface area contributed by atoms with Gasteiger partial charge in [0.1, 0.15) is 5.69 Å². The maximum Gasteiger partial charge on any atom is 0.189 e. The van der Waals surface area contributed by atoms with Gasteiger partial charge < -0.3 is 10.5 Å². The first-order valence-electron chi connectivity index (χ1n) is 5.50. The lowest BCUT2D eigenvalue weighted by molar-refractivity contribution is 0.0884. The van der Waals surface area contributed by atoms with E-state index in [2.05, 4.69) is 10.3 Å². The van der Waals surface area contributed by atoms with Crippen molar-refractivity contribution in [2.45, 2.75) is 25.9 Å². The largest absolute Gasteiger partial charge is 0.379 e. The van der Waals surface area contributed by atoms with E-state index in [4.69, 9.17) is 10.5 Å². The van der Waals surface area contributed by atoms with Gasteiger partial charge >= 0.3 is 0 Å². The molecule has 16 heavy (non-hydrogen) atoms. The van der Waals surface area contributed by atoms with Crippen LogP contribution in [0.5, 0.6) is 0 Å². The molecule has 0 saturated carbocycles. The molecule has 1 saturated heterocycles. The normalized spacial score (nSPS) is 24.9. The minimum atomic E-state index is -0.255. The molecular formula is C10H16N4O2. The lowest BCUT2D eigenvalue weighted by Gasteiger charge is -2.11. The second kappa shape index (κ2) is 4.71. The molecule has 0 bridgehead atoms. The van der Waals surface area contributed by atoms with Crippen molar-refractivity contribution in [3.05, 3.63) is 11.9 Å². The van der Waals surface area contributed by atoms with E-state index in [-0.39, 0.29) is 17.7 Å². The summed E-state index contributed by atoms with van der Waals surface area (Å²) in [7, 11) is 0. The van der Waals surface area contributed by atoms with Crippen molar-refractivity contribution in [1.82, 2.24) is 15.0 Å². The smallest absolute Gasteiger partial charge is 0.189 e. The summed E-state index contributed by atoms with van der Waals surface area (Å²) in [6, 6.07) is -0.211. The van der Waals surface area contributed by atoms with E-state index in [1.165, 1.54) is 6.20 Å². The fourth-order valence-electron chi connectivity index (χ4n) is 1.86. The number of hydrogen-bond acceptors (Lipinski definition) is 5. The fourth-order valence-corrected chi connectivity index (χ4v) is 1.86. The van der Waals surface area contributed by atoms with Crippen molar-refractivity contribution in [1.29, 1.82) is 0 Å². The van der Waals surface area contributed by atoms with Crippen molar-refractivity contribution >= 4 is 5.78 Å². The number of nitrogens with zero attached hydrogens (tertiary/aromatic N) is 3. The van der Waals surface area contributed by atoms with Gasteiger partial charge in [-0.1, -0.05) is 12.1 Å². The highest BCUT2D eigenvalue weighted by Crippen LogP contribution is 2.17. The number of ether oxygens (including phenoxy) is 1. The molecular weight excluding hydrogens is 208 g/mol. The quantitative estimate of drug-likeness (QED) is 0.719. The molecule has 1 aliphatic heterocycles. The standard InChI is InChI=1S/C10H16N4O2/c1-2-3-14-9(4-12-13-14)10(15)7-5-16-6-8(7)11/h4,7-8H,2-3,5-6,11H2,1H3. The van der Waals surface area contributed by atoms with E-state index < -0.39 is 0 Å². The molecule has 0 aromatic carbocycles. The number of rotatable bonds is 4. The van der Waals surface area contributed by atoms with Gasteiger partial charge in [0.25, 0.3) is 0 Å². The molecule has 2 heterocycles. The molecule has 2 N–H and O–H groups in total. The Morgan fingerprint density at radius 2 is 2.50 bits per heavy atom. The summed E-state index contributed by atoms with van der Waals surface area (Å²) >= 11 is 0. The van der Waals surface area contributed by atoms with Crippen LogP contribution in [0.2, 0.25) is 0 Å². The minimum Gasteiger partial charge on any atom is -0.379 e. The third kappa shape index (κ3) is 1.98. The molecule has 88 valence electrons. The Labute approximate surface area is 93.8 Å². The Hall–Kier alpha value is -1.27. The second-order valence-corrected chi connectivity index (χ2v) is 4.01. The molecule has 6 heteroatoms. The first kappa shape index (κ1) is 11.2. The summed E-state index contributed by atoms with van der Waals surface area (Å²) in [4.78, 5) is 12.2. The maximum absolute atomic E-state index is 12.2. The average molecular weight is 224 g/mol. The number of aryl methyl sites for hydroxylation is 1. The SMILES string of the molecule is CCCn1nncc1C(=O)C1COCC1N. The van der Waals surface area contributed by atoms with E-state index in [1.54, 1.807) is 4.68 Å². The second-order valence-electron chi connectivity index (χ2n) is 4.01. The Morgan fingerprint density at radius 1 is 1.69 bits per heavy atom. The number of ketones is 1. The Bertz CT molecular complexity index is 377. The molecule has 0 aliphatic carbocycles. The van der Waals surface area contributed by atoms with Gasteiger partial charge in [0.2, 0.25) is 0 Å². The van der Waals surface area contributed by atoms with Gasteiger partial charge in [-0.05, 0) is 6.42 Å². The molecule has 1 aromatic heterocycles. The lowest BCUT2D eigenvalue weighted by atomic mass is 9.97. The lowest BCUT2D eigenvalue weighted by Crippen LogP contribution is -2.35. The van der Waals surface area contributed by atoms with Gasteiger partial charge in [-0.2, -0.15) is 0 Å². The maximum atomic E-state index is 12.2. The summed E-state index contributed by atoms with van der Waals surface area (Å²) < 4.78 is 6.82. The van der Waals surface area contributed by atoms with Crippen LogP contribution in [-0.2, 0) is 11.3 Å². The molecule has 1 aromatic rings. The zero-order chi connectivity index (χ0) is 11.5. The van der Waals surface area contributed by atoms with E-state index in [0.29, 0.717) is 25.5 Å². The van der Waals surface area contributed by atoms with Gasteiger partial charge in [0, 0.05) is 12.6 Å². The van der Waals surface area contributed by atoms with E-state index in [9.17, 15) is 4.79 Å². The molecule has 0 amide bonds. The number of carbonyl (C=O) groups excluding carboxylic acids is 1. The summed E-state index contributed by atoms with van der Waals surface area (Å²) in [5, 5.41) is 7.66. The van der Waals surface area contributed by atoms with Gasteiger partial charge in [-0.3, -0.25) is 4.79 Å². The van der Waals surface area contributed by atoms with Crippen LogP contribution in [0.3, 0.4) is 0 Å². The summed E-state index contributed by atoms with van der Waals surface area (Å²) in [6.45, 7) is 3.58. The Kier molecular flexibility index (Phi) is 3.31. The average Bonchev–Trinajstić information content (AvgIpc) is 2.87. The van der Waals surface area contributed by atoms with E-state index in [1.807, 2.05) is 6.92 Å². The van der Waals surface area contributed by atoms with Gasteiger partial charge in [0.05, 0.1) is 25.3 Å². The molecule has 2 rings (SSSR count). The predicted molar refractivity (Wildman–Crippen MR) is 56.9 cm³/mol. The van der Waals surface area contributed by atoms with Crippen LogP contribution in [-0.4, -0.2) is 40.0 Å². The van der Waals surface area contributed by atoms with Crippen LogP contribution in [0.4, 0.5) is 0 Å². The number of Topliss-reactive ketones (excluding diaryl/α,β-unsaturated/α-hetero) is 1. The number of aromatic nitrogens is 3. The van der Waals surface area contributed by atoms with Crippen molar-refractivity contribution in [2.75, 3.05) is 13.2 Å². The van der Waals surface area contributed by atoms with Gasteiger partial charge in [-0.25, -0.2) is 4.68 Å². The minimum absolute atomic E-state index is 0.0107. The summed E-state index contributed by atoms with van der Waals surface area (Å²) in [5.74, 6) is -0.266. The zero-order valence-corrected chi connectivity index (χ0v) is 9.30. The van der Waals surface area contributed by atoms with Crippen LogP contribution in [0.25, 0.3) is 0 Å². The van der Waals surface area contributed by atoms with Crippen LogP contribution >= 0.6 is 0 Å². The predicted octanol–water partition coefficient (Wildman–Crippen LogP) is -0.155. The third-order valence-corrected chi connectivity index (χ3v) is 2.77. The summed E-state index contributed by atoms with van der Waals surface area (Å²) in [5.41, 5.74) is 6.35. The van der Waals surface area contributed by atoms with Gasteiger partial charge in [-0.15, -0.1) is 5.10 Å². The molecule has 0 radical (unpaired) electrons. The van der Waals surface area contributed by atoms with Crippen molar-refractivity contribution in [3.8, 4) is 0 Å². The first-order valence-corrected chi connectivity index (χ1v) is 5.50. The third-order valence-electron chi connectivity index (χ3n) is 2.77. The topological polar surface area (TPSA) is 83.0 Å². The molecule has 6 nitrogen and oxygen atoms in total. The highest BCUT2D eigenvalue weighted by atomic mass is 16.5. The number of nitrogens with two attached hydrogens (primary N) is 1. The van der Waals surface area contributed by atoms with E-state index >= 15 is 0 Å². The number of hydrogen-bond donors (Lipinski definition) is 1. The molecule has 1 fully saturated rings. The van der Waals surface area contributed by atoms with Crippen molar-refractivity contribution in [3.63, 3.8) is 0 Å². The highest BCUT2D eigenvalue weighted by molar-refractivity contribution is 5.96. The highest BCUT2D eigenvalue weighted by Gasteiger charge is 2.33. The Balaban J connectivity index is 2.16. The molecule has 1 aliphatic rings. The van der Waals surface area contributed by atoms with Crippen LogP contribution in [0.1, 0.15) is 23.8 Å². The zero-order valence-electron chi connectivity index (χ0n) is 9.30. The van der Waals surface area contributed by atoms with Crippen LogP contribution < -0.4 is 5.73 Å². The van der Waals surface area contributed by atoms with E-state index in [0.717, 1.165) is 6.42 Å². The fraction of sp³-hybridized carbons (Fsp3) is 0.700. The Morgan fingerprint density at radius 3 is 3.12 bits per heavy atom. The van der Waals surface area contributed by atoms with Crippen LogP contribution in [0, 0.1) is 5.92 Å². The van der Waals surface area contributed by atoms with Crippen molar-refractivity contribution < 1.29 is 9.53 Å². The summed E-state index contributed by atoms with van der Waals surface area (Å²) in [6.07, 6.45) is 2.42. The molecule has 2 unspecified atom stereocenters. The van der Waals surface area contributed by atoms with Gasteiger partial charge in [0.15, 0.2) is 5.78 Å². The van der Waals surface area contributed by atoms with Crippen molar-refractivity contribution in [2.24, 2.45) is 11.7 Å². The van der Waals surface area contributed by atoms with Crippen LogP contribution in [0.15, 0.2) is 6.20 Å².